The summed E-state index contributed by atoms with van der Waals surface area (Å²) in [5.41, 5.74) is 2.00. The summed E-state index contributed by atoms with van der Waals surface area (Å²) in [6.45, 7) is 2.22. The molecular formula is C24H30Cl2N4O2. The van der Waals surface area contributed by atoms with Gasteiger partial charge in [-0.15, -0.1) is 0 Å². The summed E-state index contributed by atoms with van der Waals surface area (Å²) >= 11 is 11.8. The van der Waals surface area contributed by atoms with Gasteiger partial charge in [0.2, 0.25) is 0 Å². The van der Waals surface area contributed by atoms with Gasteiger partial charge in [0.25, 0.3) is 0 Å². The van der Waals surface area contributed by atoms with Gasteiger partial charge in [-0.05, 0) is 66.5 Å². The minimum absolute atomic E-state index is 0.165. The third-order valence-corrected chi connectivity index (χ3v) is 6.23. The Morgan fingerprint density at radius 1 is 0.688 bits per heavy atom. The van der Waals surface area contributed by atoms with Gasteiger partial charge in [-0.25, -0.2) is 9.59 Å². The molecule has 8 heteroatoms. The minimum Gasteiger partial charge on any atom is -0.338 e. The summed E-state index contributed by atoms with van der Waals surface area (Å²) < 4.78 is 0. The average molecular weight is 477 g/mol. The Balaban J connectivity index is 1.30. The molecule has 0 spiro atoms. The lowest BCUT2D eigenvalue weighted by Gasteiger charge is -2.29. The fourth-order valence-corrected chi connectivity index (χ4v) is 4.19. The van der Waals surface area contributed by atoms with E-state index in [1.54, 1.807) is 0 Å². The molecule has 2 aromatic rings. The predicted octanol–water partition coefficient (Wildman–Crippen LogP) is 5.10. The molecule has 32 heavy (non-hydrogen) atoms. The highest BCUT2D eigenvalue weighted by Gasteiger charge is 2.22. The van der Waals surface area contributed by atoms with Crippen molar-refractivity contribution in [2.45, 2.75) is 38.8 Å². The SMILES string of the molecule is O=C(NCc1ccc(Cl)cc1)NC[C@@H]1CCC[C@@H](CNC(=O)NCc2ccc(Cl)cc2)C1. The molecule has 6 nitrogen and oxygen atoms in total. The van der Waals surface area contributed by atoms with Gasteiger partial charge < -0.3 is 21.3 Å². The van der Waals surface area contributed by atoms with E-state index in [0.29, 0.717) is 48.1 Å². The van der Waals surface area contributed by atoms with Gasteiger partial charge in [0.05, 0.1) is 0 Å². The van der Waals surface area contributed by atoms with Crippen molar-refractivity contribution in [2.24, 2.45) is 11.8 Å². The third-order valence-electron chi connectivity index (χ3n) is 5.73. The standard InChI is InChI=1S/C24H30Cl2N4O2/c25-21-8-4-17(5-9-21)13-27-23(31)29-15-19-2-1-3-20(12-19)16-30-24(32)28-14-18-6-10-22(26)11-7-18/h4-11,19-20H,1-3,12-16H2,(H2,27,29,31)(H2,28,30,32)/t19-,20-/m1/s1. The lowest BCUT2D eigenvalue weighted by Crippen LogP contribution is -2.41. The summed E-state index contributed by atoms with van der Waals surface area (Å²) in [7, 11) is 0. The summed E-state index contributed by atoms with van der Waals surface area (Å²) in [5, 5.41) is 13.1. The molecule has 1 aliphatic rings. The van der Waals surface area contributed by atoms with E-state index in [-0.39, 0.29) is 12.1 Å². The first-order valence-electron chi connectivity index (χ1n) is 11.0. The molecule has 0 unspecified atom stereocenters. The molecule has 0 aromatic heterocycles. The maximum absolute atomic E-state index is 12.1. The summed E-state index contributed by atoms with van der Waals surface area (Å²) in [4.78, 5) is 24.2. The largest absolute Gasteiger partial charge is 0.338 e. The van der Waals surface area contributed by atoms with Crippen molar-refractivity contribution in [3.05, 3.63) is 69.7 Å². The third kappa shape index (κ3) is 8.60. The van der Waals surface area contributed by atoms with Crippen LogP contribution in [-0.4, -0.2) is 25.2 Å². The maximum atomic E-state index is 12.1. The zero-order valence-corrected chi connectivity index (χ0v) is 19.5. The predicted molar refractivity (Wildman–Crippen MR) is 129 cm³/mol. The zero-order valence-electron chi connectivity index (χ0n) is 18.0. The van der Waals surface area contributed by atoms with Crippen molar-refractivity contribution in [2.75, 3.05) is 13.1 Å². The van der Waals surface area contributed by atoms with E-state index in [9.17, 15) is 9.59 Å². The van der Waals surface area contributed by atoms with E-state index in [0.717, 1.165) is 36.8 Å². The highest BCUT2D eigenvalue weighted by molar-refractivity contribution is 6.30. The lowest BCUT2D eigenvalue weighted by atomic mass is 9.81. The fraction of sp³-hybridized carbons (Fsp3) is 0.417. The molecule has 1 saturated carbocycles. The first kappa shape index (κ1) is 24.2. The van der Waals surface area contributed by atoms with Crippen LogP contribution in [0.2, 0.25) is 10.0 Å². The van der Waals surface area contributed by atoms with Crippen LogP contribution in [0.15, 0.2) is 48.5 Å². The molecule has 172 valence electrons. The average Bonchev–Trinajstić information content (AvgIpc) is 2.81. The minimum atomic E-state index is -0.165. The number of carbonyl (C=O) groups is 2. The van der Waals surface area contributed by atoms with Crippen molar-refractivity contribution in [1.82, 2.24) is 21.3 Å². The zero-order chi connectivity index (χ0) is 22.8. The van der Waals surface area contributed by atoms with Crippen LogP contribution in [0.4, 0.5) is 9.59 Å². The number of halogens is 2. The quantitative estimate of drug-likeness (QED) is 0.427. The number of rotatable bonds is 8. The summed E-state index contributed by atoms with van der Waals surface area (Å²) in [6, 6.07) is 14.5. The van der Waals surface area contributed by atoms with Gasteiger partial charge >= 0.3 is 12.1 Å². The normalized spacial score (nSPS) is 17.9. The Kier molecular flexibility index (Phi) is 9.50. The topological polar surface area (TPSA) is 82.3 Å². The Morgan fingerprint density at radius 3 is 1.50 bits per heavy atom. The fourth-order valence-electron chi connectivity index (χ4n) is 3.94. The number of amides is 4. The van der Waals surface area contributed by atoms with Crippen LogP contribution in [0.1, 0.15) is 36.8 Å². The van der Waals surface area contributed by atoms with Crippen LogP contribution in [0, 0.1) is 11.8 Å². The van der Waals surface area contributed by atoms with Crippen LogP contribution < -0.4 is 21.3 Å². The van der Waals surface area contributed by atoms with E-state index < -0.39 is 0 Å². The first-order chi connectivity index (χ1) is 15.5. The van der Waals surface area contributed by atoms with Crippen LogP contribution in [0.25, 0.3) is 0 Å². The van der Waals surface area contributed by atoms with Crippen LogP contribution in [0.5, 0.6) is 0 Å². The number of nitrogens with one attached hydrogen (secondary N) is 4. The Morgan fingerprint density at radius 2 is 1.09 bits per heavy atom. The monoisotopic (exact) mass is 476 g/mol. The Labute approximate surface area is 199 Å². The highest BCUT2D eigenvalue weighted by Crippen LogP contribution is 2.28. The molecule has 0 radical (unpaired) electrons. The van der Waals surface area contributed by atoms with Crippen molar-refractivity contribution in [1.29, 1.82) is 0 Å². The second kappa shape index (κ2) is 12.6. The molecule has 3 rings (SSSR count). The molecule has 1 aliphatic carbocycles. The number of hydrogen-bond donors (Lipinski definition) is 4. The van der Waals surface area contributed by atoms with Crippen LogP contribution in [0.3, 0.4) is 0 Å². The number of urea groups is 2. The van der Waals surface area contributed by atoms with E-state index >= 15 is 0 Å². The molecule has 1 fully saturated rings. The second-order valence-corrected chi connectivity index (χ2v) is 9.15. The van der Waals surface area contributed by atoms with Gasteiger partial charge in [0.1, 0.15) is 0 Å². The molecule has 2 atom stereocenters. The highest BCUT2D eigenvalue weighted by atomic mass is 35.5. The number of benzene rings is 2. The van der Waals surface area contributed by atoms with Gasteiger partial charge in [-0.1, -0.05) is 53.9 Å². The van der Waals surface area contributed by atoms with Crippen molar-refractivity contribution in [3.63, 3.8) is 0 Å². The number of carbonyl (C=O) groups excluding carboxylic acids is 2. The molecule has 0 heterocycles. The van der Waals surface area contributed by atoms with Crippen molar-refractivity contribution < 1.29 is 9.59 Å². The van der Waals surface area contributed by atoms with Gasteiger partial charge in [-0.2, -0.15) is 0 Å². The molecule has 0 bridgehead atoms. The van der Waals surface area contributed by atoms with E-state index in [1.807, 2.05) is 48.5 Å². The Hall–Kier alpha value is -2.44. The smallest absolute Gasteiger partial charge is 0.315 e. The lowest BCUT2D eigenvalue weighted by molar-refractivity contribution is 0.221. The molecule has 4 amide bonds. The van der Waals surface area contributed by atoms with Crippen LogP contribution in [-0.2, 0) is 13.1 Å². The summed E-state index contributed by atoms with van der Waals surface area (Å²) in [6.07, 6.45) is 4.29. The van der Waals surface area contributed by atoms with Gasteiger partial charge in [-0.3, -0.25) is 0 Å². The van der Waals surface area contributed by atoms with E-state index in [4.69, 9.17) is 23.2 Å². The summed E-state index contributed by atoms with van der Waals surface area (Å²) in [5.74, 6) is 0.850. The molecule has 0 saturated heterocycles. The molecule has 2 aromatic carbocycles. The van der Waals surface area contributed by atoms with Crippen molar-refractivity contribution >= 4 is 35.3 Å². The second-order valence-electron chi connectivity index (χ2n) is 8.28. The van der Waals surface area contributed by atoms with E-state index in [2.05, 4.69) is 21.3 Å². The van der Waals surface area contributed by atoms with Crippen molar-refractivity contribution in [3.8, 4) is 0 Å². The van der Waals surface area contributed by atoms with Crippen LogP contribution >= 0.6 is 23.2 Å². The molecule has 4 N–H and O–H groups in total. The first-order valence-corrected chi connectivity index (χ1v) is 11.8. The number of hydrogen-bond acceptors (Lipinski definition) is 2. The molecular weight excluding hydrogens is 447 g/mol. The van der Waals surface area contributed by atoms with E-state index in [1.165, 1.54) is 0 Å². The van der Waals surface area contributed by atoms with Gasteiger partial charge in [0.15, 0.2) is 0 Å². The van der Waals surface area contributed by atoms with Gasteiger partial charge in [0, 0.05) is 36.2 Å². The maximum Gasteiger partial charge on any atom is 0.315 e. The Bertz CT molecular complexity index is 803. The molecule has 0 aliphatic heterocycles.